The van der Waals surface area contributed by atoms with E-state index in [1.165, 1.54) is 35.0 Å². The van der Waals surface area contributed by atoms with E-state index in [2.05, 4.69) is 15.3 Å². The van der Waals surface area contributed by atoms with Gasteiger partial charge in [-0.3, -0.25) is 9.78 Å². The Morgan fingerprint density at radius 2 is 1.67 bits per heavy atom. The van der Waals surface area contributed by atoms with Crippen molar-refractivity contribution in [1.29, 1.82) is 0 Å². The summed E-state index contributed by atoms with van der Waals surface area (Å²) >= 11 is 0. The maximum absolute atomic E-state index is 13.4. The lowest BCUT2D eigenvalue weighted by atomic mass is 10.1. The van der Waals surface area contributed by atoms with Crippen molar-refractivity contribution < 1.29 is 13.2 Å². The first-order valence-corrected chi connectivity index (χ1v) is 10.9. The second kappa shape index (κ2) is 8.73. The average Bonchev–Trinajstić information content (AvgIpc) is 2.73. The quantitative estimate of drug-likeness (QED) is 0.651. The van der Waals surface area contributed by atoms with Crippen molar-refractivity contribution in [3.8, 4) is 0 Å². The Labute approximate surface area is 176 Å². The van der Waals surface area contributed by atoms with Gasteiger partial charge in [0.25, 0.3) is 5.91 Å². The van der Waals surface area contributed by atoms with Crippen LogP contribution >= 0.6 is 0 Å². The molecule has 0 atom stereocenters. The summed E-state index contributed by atoms with van der Waals surface area (Å²) in [6.07, 6.45) is 4.27. The summed E-state index contributed by atoms with van der Waals surface area (Å²) < 4.78 is 28.2. The summed E-state index contributed by atoms with van der Waals surface area (Å²) in [5.41, 5.74) is 0.933. The van der Waals surface area contributed by atoms with Crippen LogP contribution in [0, 0.1) is 0 Å². The van der Waals surface area contributed by atoms with Gasteiger partial charge in [0.05, 0.1) is 11.1 Å². The zero-order valence-electron chi connectivity index (χ0n) is 17.1. The van der Waals surface area contributed by atoms with E-state index in [0.717, 1.165) is 5.56 Å². The number of nitrogens with one attached hydrogen (secondary N) is 1. The number of hydrogen-bond donors (Lipinski definition) is 1. The first-order valence-electron chi connectivity index (χ1n) is 9.42. The van der Waals surface area contributed by atoms with E-state index in [1.807, 2.05) is 51.1 Å². The van der Waals surface area contributed by atoms with Crippen LogP contribution in [-0.4, -0.2) is 34.1 Å². The number of anilines is 1. The highest BCUT2D eigenvalue weighted by atomic mass is 32.2. The molecule has 7 nitrogen and oxygen atoms in total. The van der Waals surface area contributed by atoms with E-state index < -0.39 is 21.5 Å². The van der Waals surface area contributed by atoms with Gasteiger partial charge in [-0.1, -0.05) is 30.3 Å². The number of hydrogen-bond acceptors (Lipinski definition) is 5. The van der Waals surface area contributed by atoms with E-state index in [1.54, 1.807) is 12.1 Å². The number of carbonyl (C=O) groups excluding carboxylic acids is 1. The minimum absolute atomic E-state index is 0.158. The first kappa shape index (κ1) is 21.6. The molecule has 30 heavy (non-hydrogen) atoms. The summed E-state index contributed by atoms with van der Waals surface area (Å²) in [4.78, 5) is 20.2. The topological polar surface area (TPSA) is 92.3 Å². The van der Waals surface area contributed by atoms with Crippen molar-refractivity contribution in [3.63, 3.8) is 0 Å². The largest absolute Gasteiger partial charge is 0.321 e. The van der Waals surface area contributed by atoms with Gasteiger partial charge < -0.3 is 5.32 Å². The molecule has 0 aliphatic heterocycles. The molecular weight excluding hydrogens is 400 g/mol. The van der Waals surface area contributed by atoms with Gasteiger partial charge >= 0.3 is 0 Å². The van der Waals surface area contributed by atoms with Crippen LogP contribution in [0.5, 0.6) is 0 Å². The number of amides is 1. The minimum atomic E-state index is -3.76. The number of aromatic nitrogens is 2. The summed E-state index contributed by atoms with van der Waals surface area (Å²) in [7, 11) is -3.76. The smallest absolute Gasteiger partial charge is 0.275 e. The van der Waals surface area contributed by atoms with E-state index in [4.69, 9.17) is 0 Å². The molecule has 3 aromatic rings. The van der Waals surface area contributed by atoms with Crippen LogP contribution < -0.4 is 5.32 Å². The number of rotatable bonds is 6. The van der Waals surface area contributed by atoms with Crippen LogP contribution in [-0.2, 0) is 16.6 Å². The Bertz CT molecular complexity index is 1090. The number of carbonyl (C=O) groups is 1. The lowest BCUT2D eigenvalue weighted by Crippen LogP contribution is -2.44. The molecule has 1 heterocycles. The highest BCUT2D eigenvalue weighted by molar-refractivity contribution is 7.89. The fraction of sp³-hybridized carbons (Fsp3) is 0.227. The molecule has 156 valence electrons. The van der Waals surface area contributed by atoms with Crippen molar-refractivity contribution in [2.24, 2.45) is 0 Å². The van der Waals surface area contributed by atoms with Crippen molar-refractivity contribution in [3.05, 3.63) is 84.4 Å². The van der Waals surface area contributed by atoms with E-state index in [9.17, 15) is 13.2 Å². The summed E-state index contributed by atoms with van der Waals surface area (Å²) in [6, 6.07) is 15.6. The molecule has 2 aromatic carbocycles. The van der Waals surface area contributed by atoms with Gasteiger partial charge in [0.1, 0.15) is 5.69 Å². The van der Waals surface area contributed by atoms with Gasteiger partial charge in [-0.15, -0.1) is 0 Å². The van der Waals surface area contributed by atoms with E-state index in [-0.39, 0.29) is 17.1 Å². The molecule has 1 amide bonds. The molecule has 3 rings (SSSR count). The van der Waals surface area contributed by atoms with Crippen molar-refractivity contribution in [1.82, 2.24) is 14.3 Å². The Hall–Kier alpha value is -3.10. The maximum atomic E-state index is 13.4. The fourth-order valence-corrected chi connectivity index (χ4v) is 4.66. The van der Waals surface area contributed by atoms with E-state index in [0.29, 0.717) is 5.69 Å². The molecule has 0 bridgehead atoms. The summed E-state index contributed by atoms with van der Waals surface area (Å²) in [6.45, 7) is 5.85. The third kappa shape index (κ3) is 5.08. The second-order valence-corrected chi connectivity index (χ2v) is 9.60. The Morgan fingerprint density at radius 3 is 2.23 bits per heavy atom. The standard InChI is InChI=1S/C22H24N4O3S/c1-22(2,3)26(16-17-7-5-4-6-8-17)30(28,29)19-11-9-18(10-12-19)25-21(27)20-15-23-13-14-24-20/h4-15H,16H2,1-3H3,(H,25,27). The lowest BCUT2D eigenvalue weighted by Gasteiger charge is -2.34. The molecule has 1 N–H and O–H groups in total. The molecular formula is C22H24N4O3S. The van der Waals surface area contributed by atoms with Gasteiger partial charge in [0, 0.05) is 30.2 Å². The van der Waals surface area contributed by atoms with Crippen LogP contribution in [0.2, 0.25) is 0 Å². The van der Waals surface area contributed by atoms with Crippen LogP contribution in [0.4, 0.5) is 5.69 Å². The monoisotopic (exact) mass is 424 g/mol. The highest BCUT2D eigenvalue weighted by Crippen LogP contribution is 2.27. The normalized spacial score (nSPS) is 12.0. The van der Waals surface area contributed by atoms with Crippen LogP contribution in [0.3, 0.4) is 0 Å². The molecule has 0 aliphatic carbocycles. The summed E-state index contributed by atoms with van der Waals surface area (Å²) in [5.74, 6) is -0.417. The van der Waals surface area contributed by atoms with Crippen LogP contribution in [0.1, 0.15) is 36.8 Å². The minimum Gasteiger partial charge on any atom is -0.321 e. The zero-order chi connectivity index (χ0) is 21.8. The third-order valence-electron chi connectivity index (χ3n) is 4.41. The van der Waals surface area contributed by atoms with Gasteiger partial charge in [-0.25, -0.2) is 13.4 Å². The molecule has 0 aliphatic rings. The lowest BCUT2D eigenvalue weighted by molar-refractivity contribution is 0.102. The molecule has 0 saturated heterocycles. The Morgan fingerprint density at radius 1 is 1.00 bits per heavy atom. The highest BCUT2D eigenvalue weighted by Gasteiger charge is 2.34. The molecule has 0 fully saturated rings. The number of sulfonamides is 1. The number of nitrogens with zero attached hydrogens (tertiary/aromatic N) is 3. The molecule has 8 heteroatoms. The van der Waals surface area contributed by atoms with Crippen molar-refractivity contribution >= 4 is 21.6 Å². The third-order valence-corrected chi connectivity index (χ3v) is 6.54. The zero-order valence-corrected chi connectivity index (χ0v) is 17.9. The van der Waals surface area contributed by atoms with Gasteiger partial charge in [-0.05, 0) is 50.6 Å². The van der Waals surface area contributed by atoms with E-state index >= 15 is 0 Å². The Kier molecular flexibility index (Phi) is 6.28. The molecule has 1 aromatic heterocycles. The van der Waals surface area contributed by atoms with Gasteiger partial charge in [0.2, 0.25) is 10.0 Å². The molecule has 0 saturated carbocycles. The van der Waals surface area contributed by atoms with Crippen LogP contribution in [0.15, 0.2) is 78.1 Å². The molecule has 0 radical (unpaired) electrons. The summed E-state index contributed by atoms with van der Waals surface area (Å²) in [5, 5.41) is 2.69. The predicted octanol–water partition coefficient (Wildman–Crippen LogP) is 3.72. The Balaban J connectivity index is 1.83. The van der Waals surface area contributed by atoms with Crippen molar-refractivity contribution in [2.45, 2.75) is 37.8 Å². The fourth-order valence-electron chi connectivity index (χ4n) is 2.88. The molecule has 0 spiro atoms. The first-order chi connectivity index (χ1) is 14.2. The van der Waals surface area contributed by atoms with Crippen LogP contribution in [0.25, 0.3) is 0 Å². The van der Waals surface area contributed by atoms with Crippen molar-refractivity contribution in [2.75, 3.05) is 5.32 Å². The van der Waals surface area contributed by atoms with Gasteiger partial charge in [-0.2, -0.15) is 4.31 Å². The maximum Gasteiger partial charge on any atom is 0.275 e. The second-order valence-electron chi connectivity index (χ2n) is 7.74. The SMILES string of the molecule is CC(C)(C)N(Cc1ccccc1)S(=O)(=O)c1ccc(NC(=O)c2cnccn2)cc1. The number of benzene rings is 2. The molecule has 0 unspecified atom stereocenters. The predicted molar refractivity (Wildman–Crippen MR) is 115 cm³/mol. The van der Waals surface area contributed by atoms with Gasteiger partial charge in [0.15, 0.2) is 0 Å². The average molecular weight is 425 g/mol.